The first-order valence-corrected chi connectivity index (χ1v) is 7.88. The Labute approximate surface area is 154 Å². The molecule has 3 rings (SSSR count). The van der Waals surface area contributed by atoms with E-state index in [-0.39, 0.29) is 29.3 Å². The summed E-state index contributed by atoms with van der Waals surface area (Å²) in [5.74, 6) is 1.25. The van der Waals surface area contributed by atoms with Crippen LogP contribution in [0, 0.1) is 0 Å². The number of aromatic nitrogens is 1. The maximum Gasteiger partial charge on any atom is 0.185 e. The van der Waals surface area contributed by atoms with Gasteiger partial charge in [0.2, 0.25) is 0 Å². The number of halogens is 1. The van der Waals surface area contributed by atoms with E-state index in [9.17, 15) is 4.79 Å². The number of nitrogens with one attached hydrogen (secondary N) is 1. The van der Waals surface area contributed by atoms with Gasteiger partial charge in [0.15, 0.2) is 10.9 Å². The van der Waals surface area contributed by atoms with Gasteiger partial charge < -0.3 is 14.8 Å². The topological polar surface area (TPSA) is 60.5 Å². The van der Waals surface area contributed by atoms with Crippen molar-refractivity contribution in [3.05, 3.63) is 48.0 Å². The quantitative estimate of drug-likeness (QED) is 0.619. The highest BCUT2D eigenvalue weighted by Crippen LogP contribution is 2.32. The Morgan fingerprint density at radius 2 is 1.79 bits per heavy atom. The Hall–Kier alpha value is -2.12. The summed E-state index contributed by atoms with van der Waals surface area (Å²) in [5, 5.41) is 3.77. The van der Waals surface area contributed by atoms with E-state index in [4.69, 9.17) is 9.47 Å². The number of hydrogen-bond donors (Lipinski definition) is 1. The van der Waals surface area contributed by atoms with Crippen molar-refractivity contribution in [2.24, 2.45) is 0 Å². The average Bonchev–Trinajstić information content (AvgIpc) is 3.02. The molecule has 1 N–H and O–H groups in total. The number of hydrogen-bond acceptors (Lipinski definition) is 6. The van der Waals surface area contributed by atoms with Gasteiger partial charge in [-0.25, -0.2) is 4.98 Å². The Bertz CT molecular complexity index is 851. The molecule has 0 atom stereocenters. The number of benzene rings is 2. The highest BCUT2D eigenvalue weighted by atomic mass is 79.9. The molecule has 0 bridgehead atoms. The number of methoxy groups -OCH3 is 2. The Kier molecular flexibility index (Phi) is 6.16. The molecule has 3 aromatic rings. The van der Waals surface area contributed by atoms with Crippen LogP contribution in [0.5, 0.6) is 11.5 Å². The fourth-order valence-corrected chi connectivity index (χ4v) is 3.17. The molecule has 1 heterocycles. The minimum atomic E-state index is -0.0475. The second kappa shape index (κ2) is 8.12. The molecule has 0 fully saturated rings. The van der Waals surface area contributed by atoms with Crippen molar-refractivity contribution in [3.8, 4) is 11.5 Å². The van der Waals surface area contributed by atoms with Crippen molar-refractivity contribution >= 4 is 49.4 Å². The van der Waals surface area contributed by atoms with Crippen LogP contribution in [-0.4, -0.2) is 31.5 Å². The SMILES string of the molecule is Br.COc1ccccc1C(=O)CNc1nc2c(OC)cccc2s1. The molecule has 2 aromatic carbocycles. The molecule has 0 radical (unpaired) electrons. The van der Waals surface area contributed by atoms with Gasteiger partial charge in [-0.05, 0) is 24.3 Å². The molecule has 0 aliphatic carbocycles. The summed E-state index contributed by atoms with van der Waals surface area (Å²) in [6.45, 7) is 0.155. The summed E-state index contributed by atoms with van der Waals surface area (Å²) < 4.78 is 11.5. The van der Waals surface area contributed by atoms with E-state index in [0.29, 0.717) is 16.4 Å². The third kappa shape index (κ3) is 3.68. The van der Waals surface area contributed by atoms with Gasteiger partial charge in [0, 0.05) is 0 Å². The molecule has 24 heavy (non-hydrogen) atoms. The number of ether oxygens (including phenoxy) is 2. The third-order valence-electron chi connectivity index (χ3n) is 3.41. The largest absolute Gasteiger partial charge is 0.496 e. The number of thiazole rings is 1. The van der Waals surface area contributed by atoms with E-state index in [0.717, 1.165) is 16.0 Å². The van der Waals surface area contributed by atoms with Gasteiger partial charge >= 0.3 is 0 Å². The fourth-order valence-electron chi connectivity index (χ4n) is 2.29. The average molecular weight is 409 g/mol. The van der Waals surface area contributed by atoms with Crippen LogP contribution in [0.3, 0.4) is 0 Å². The van der Waals surface area contributed by atoms with Crippen LogP contribution in [0.1, 0.15) is 10.4 Å². The zero-order valence-corrected chi connectivity index (χ0v) is 15.8. The minimum absolute atomic E-state index is 0. The molecule has 0 saturated heterocycles. The van der Waals surface area contributed by atoms with Gasteiger partial charge in [-0.2, -0.15) is 0 Å². The predicted octanol–water partition coefficient (Wildman–Crippen LogP) is 4.19. The summed E-state index contributed by atoms with van der Waals surface area (Å²) in [6, 6.07) is 12.9. The smallest absolute Gasteiger partial charge is 0.185 e. The summed E-state index contributed by atoms with van der Waals surface area (Å²) >= 11 is 1.49. The standard InChI is InChI=1S/C17H16N2O3S.BrH/c1-21-13-7-4-3-6-11(13)12(20)10-18-17-19-16-14(22-2)8-5-9-15(16)23-17;/h3-9H,10H2,1-2H3,(H,18,19);1H. The van der Waals surface area contributed by atoms with E-state index in [1.807, 2.05) is 30.3 Å². The van der Waals surface area contributed by atoms with Gasteiger partial charge in [-0.15, -0.1) is 17.0 Å². The lowest BCUT2D eigenvalue weighted by atomic mass is 10.1. The zero-order valence-electron chi connectivity index (χ0n) is 13.2. The van der Waals surface area contributed by atoms with Crippen molar-refractivity contribution in [2.75, 3.05) is 26.1 Å². The molecule has 5 nitrogen and oxygen atoms in total. The Morgan fingerprint density at radius 3 is 2.54 bits per heavy atom. The molecular formula is C17H17BrN2O3S. The maximum atomic E-state index is 12.3. The van der Waals surface area contributed by atoms with Gasteiger partial charge in [0.05, 0.1) is 31.0 Å². The number of nitrogens with zero attached hydrogens (tertiary/aromatic N) is 1. The van der Waals surface area contributed by atoms with Crippen LogP contribution in [0.25, 0.3) is 10.2 Å². The van der Waals surface area contributed by atoms with Gasteiger partial charge in [0.1, 0.15) is 17.0 Å². The van der Waals surface area contributed by atoms with E-state index >= 15 is 0 Å². The van der Waals surface area contributed by atoms with E-state index < -0.39 is 0 Å². The summed E-state index contributed by atoms with van der Waals surface area (Å²) in [4.78, 5) is 16.8. The highest BCUT2D eigenvalue weighted by molar-refractivity contribution is 8.93. The van der Waals surface area contributed by atoms with Crippen LogP contribution in [-0.2, 0) is 0 Å². The summed E-state index contributed by atoms with van der Waals surface area (Å²) in [5.41, 5.74) is 1.36. The molecular weight excluding hydrogens is 392 g/mol. The first-order chi connectivity index (χ1) is 11.2. The molecule has 7 heteroatoms. The van der Waals surface area contributed by atoms with Gasteiger partial charge in [-0.3, -0.25) is 4.79 Å². The number of fused-ring (bicyclic) bond motifs is 1. The van der Waals surface area contributed by atoms with Gasteiger partial charge in [0.25, 0.3) is 0 Å². The molecule has 0 unspecified atom stereocenters. The molecule has 0 saturated carbocycles. The van der Waals surface area contributed by atoms with E-state index in [2.05, 4.69) is 10.3 Å². The molecule has 126 valence electrons. The first-order valence-electron chi connectivity index (χ1n) is 7.06. The molecule has 0 spiro atoms. The number of anilines is 1. The normalized spacial score (nSPS) is 10.1. The minimum Gasteiger partial charge on any atom is -0.496 e. The van der Waals surface area contributed by atoms with Crippen molar-refractivity contribution in [3.63, 3.8) is 0 Å². The number of para-hydroxylation sites is 2. The van der Waals surface area contributed by atoms with Crippen LogP contribution in [0.2, 0.25) is 0 Å². The maximum absolute atomic E-state index is 12.3. The van der Waals surface area contributed by atoms with Gasteiger partial charge in [-0.1, -0.05) is 29.5 Å². The Balaban J connectivity index is 0.00000208. The van der Waals surface area contributed by atoms with Crippen LogP contribution >= 0.6 is 28.3 Å². The van der Waals surface area contributed by atoms with E-state index in [1.165, 1.54) is 11.3 Å². The van der Waals surface area contributed by atoms with Crippen molar-refractivity contribution in [1.82, 2.24) is 4.98 Å². The lowest BCUT2D eigenvalue weighted by Crippen LogP contribution is -2.14. The molecule has 1 aromatic heterocycles. The van der Waals surface area contributed by atoms with Crippen molar-refractivity contribution in [1.29, 1.82) is 0 Å². The first kappa shape index (κ1) is 18.2. The fraction of sp³-hybridized carbons (Fsp3) is 0.176. The van der Waals surface area contributed by atoms with Crippen LogP contribution < -0.4 is 14.8 Å². The van der Waals surface area contributed by atoms with Crippen LogP contribution in [0.15, 0.2) is 42.5 Å². The number of Topliss-reactive ketones (excluding diaryl/α,β-unsaturated/α-hetero) is 1. The zero-order chi connectivity index (χ0) is 16.2. The molecule has 0 aliphatic rings. The number of carbonyl (C=O) groups excluding carboxylic acids is 1. The summed E-state index contributed by atoms with van der Waals surface area (Å²) in [6.07, 6.45) is 0. The number of carbonyl (C=O) groups is 1. The van der Waals surface area contributed by atoms with Crippen molar-refractivity contribution in [2.45, 2.75) is 0 Å². The Morgan fingerprint density at radius 1 is 1.08 bits per heavy atom. The van der Waals surface area contributed by atoms with Crippen molar-refractivity contribution < 1.29 is 14.3 Å². The third-order valence-corrected chi connectivity index (χ3v) is 4.39. The lowest BCUT2D eigenvalue weighted by molar-refractivity contribution is 0.100. The lowest BCUT2D eigenvalue weighted by Gasteiger charge is -2.07. The van der Waals surface area contributed by atoms with Crippen LogP contribution in [0.4, 0.5) is 5.13 Å². The highest BCUT2D eigenvalue weighted by Gasteiger charge is 2.13. The molecule has 0 amide bonds. The van der Waals surface area contributed by atoms with E-state index in [1.54, 1.807) is 26.4 Å². The monoisotopic (exact) mass is 408 g/mol. The second-order valence-corrected chi connectivity index (χ2v) is 5.83. The second-order valence-electron chi connectivity index (χ2n) is 4.80. The summed E-state index contributed by atoms with van der Waals surface area (Å²) in [7, 11) is 3.17. The number of ketones is 1. The molecule has 0 aliphatic heterocycles. The predicted molar refractivity (Wildman–Crippen MR) is 102 cm³/mol. The number of rotatable bonds is 6.